The first kappa shape index (κ1) is 18.6. The molecule has 0 bridgehead atoms. The van der Waals surface area contributed by atoms with Gasteiger partial charge in [-0.3, -0.25) is 9.59 Å². The molecule has 3 rings (SSSR count). The van der Waals surface area contributed by atoms with Crippen molar-refractivity contribution < 1.29 is 9.59 Å². The van der Waals surface area contributed by atoms with Crippen molar-refractivity contribution in [3.63, 3.8) is 0 Å². The van der Waals surface area contributed by atoms with Crippen molar-refractivity contribution in [1.29, 1.82) is 0 Å². The van der Waals surface area contributed by atoms with Crippen molar-refractivity contribution in [2.45, 2.75) is 19.5 Å². The first-order chi connectivity index (χ1) is 12.5. The van der Waals surface area contributed by atoms with Crippen molar-refractivity contribution in [3.8, 4) is 0 Å². The van der Waals surface area contributed by atoms with Crippen molar-refractivity contribution in [1.82, 2.24) is 10.6 Å². The molecule has 1 unspecified atom stereocenters. The van der Waals surface area contributed by atoms with Gasteiger partial charge in [-0.2, -0.15) is 0 Å². The molecule has 2 aromatic heterocycles. The minimum atomic E-state index is -0.235. The second kappa shape index (κ2) is 8.49. The topological polar surface area (TPSA) is 58.2 Å². The van der Waals surface area contributed by atoms with Crippen LogP contribution in [0.25, 0.3) is 0 Å². The second-order valence-corrected chi connectivity index (χ2v) is 8.23. The van der Waals surface area contributed by atoms with Gasteiger partial charge in [-0.05, 0) is 41.3 Å². The number of thiophene rings is 2. The Labute approximate surface area is 164 Å². The van der Waals surface area contributed by atoms with Gasteiger partial charge < -0.3 is 10.6 Å². The smallest absolute Gasteiger partial charge is 0.262 e. The Morgan fingerprint density at radius 2 is 1.88 bits per heavy atom. The predicted octanol–water partition coefficient (Wildman–Crippen LogP) is 4.62. The third-order valence-electron chi connectivity index (χ3n) is 3.70. The van der Waals surface area contributed by atoms with E-state index in [4.69, 9.17) is 11.6 Å². The fourth-order valence-corrected chi connectivity index (χ4v) is 4.22. The zero-order valence-electron chi connectivity index (χ0n) is 14.0. The van der Waals surface area contributed by atoms with Gasteiger partial charge in [-0.15, -0.1) is 22.7 Å². The first-order valence-corrected chi connectivity index (χ1v) is 10.0. The van der Waals surface area contributed by atoms with Gasteiger partial charge in [-0.1, -0.05) is 29.8 Å². The normalized spacial score (nSPS) is 11.8. The van der Waals surface area contributed by atoms with Crippen LogP contribution in [0.3, 0.4) is 0 Å². The molecule has 1 aromatic carbocycles. The molecular formula is C19H17ClN2O2S2. The van der Waals surface area contributed by atoms with E-state index in [1.807, 2.05) is 47.8 Å². The van der Waals surface area contributed by atoms with E-state index in [-0.39, 0.29) is 17.9 Å². The summed E-state index contributed by atoms with van der Waals surface area (Å²) in [7, 11) is 0. The molecule has 134 valence electrons. The van der Waals surface area contributed by atoms with Gasteiger partial charge in [0.1, 0.15) is 0 Å². The number of carbonyl (C=O) groups is 2. The molecular weight excluding hydrogens is 388 g/mol. The molecule has 1 atom stereocenters. The highest BCUT2D eigenvalue weighted by Gasteiger charge is 2.20. The molecule has 2 N–H and O–H groups in total. The fraction of sp³-hybridized carbons (Fsp3) is 0.158. The van der Waals surface area contributed by atoms with Gasteiger partial charge in [0.05, 0.1) is 17.5 Å². The summed E-state index contributed by atoms with van der Waals surface area (Å²) >= 11 is 8.95. The number of hydrogen-bond acceptors (Lipinski definition) is 4. The summed E-state index contributed by atoms with van der Waals surface area (Å²) in [4.78, 5) is 26.4. The van der Waals surface area contributed by atoms with E-state index in [9.17, 15) is 9.59 Å². The maximum atomic E-state index is 12.7. The maximum Gasteiger partial charge on any atom is 0.262 e. The third-order valence-corrected chi connectivity index (χ3v) is 5.98. The zero-order valence-corrected chi connectivity index (χ0v) is 16.4. The molecule has 7 heteroatoms. The van der Waals surface area contributed by atoms with E-state index in [1.165, 1.54) is 18.3 Å². The SMILES string of the molecule is CC(=O)NCc1ccc(C(=O)NC(c2ccc(Cl)cc2)c2cccs2)s1. The molecule has 2 heterocycles. The van der Waals surface area contributed by atoms with E-state index in [2.05, 4.69) is 10.6 Å². The standard InChI is InChI=1S/C19H17ClN2O2S2/c1-12(23)21-11-15-8-9-17(26-15)19(24)22-18(16-3-2-10-25-16)13-4-6-14(20)7-5-13/h2-10,18H,11H2,1H3,(H,21,23)(H,22,24). The lowest BCUT2D eigenvalue weighted by Crippen LogP contribution is -2.28. The van der Waals surface area contributed by atoms with Crippen LogP contribution in [0, 0.1) is 0 Å². The second-order valence-electron chi connectivity index (χ2n) is 5.65. The molecule has 3 aromatic rings. The van der Waals surface area contributed by atoms with Crippen LogP contribution in [0.15, 0.2) is 53.9 Å². The van der Waals surface area contributed by atoms with Gasteiger partial charge in [0.15, 0.2) is 0 Å². The van der Waals surface area contributed by atoms with Gasteiger partial charge in [-0.25, -0.2) is 0 Å². The lowest BCUT2D eigenvalue weighted by molar-refractivity contribution is -0.119. The summed E-state index contributed by atoms with van der Waals surface area (Å²) in [5.74, 6) is -0.234. The molecule has 0 radical (unpaired) electrons. The van der Waals surface area contributed by atoms with Crippen molar-refractivity contribution in [2.24, 2.45) is 0 Å². The number of benzene rings is 1. The molecule has 0 aliphatic heterocycles. The molecule has 4 nitrogen and oxygen atoms in total. The van der Waals surface area contributed by atoms with Crippen LogP contribution in [-0.4, -0.2) is 11.8 Å². The van der Waals surface area contributed by atoms with E-state index >= 15 is 0 Å². The van der Waals surface area contributed by atoms with E-state index in [0.29, 0.717) is 16.4 Å². The van der Waals surface area contributed by atoms with E-state index in [1.54, 1.807) is 17.4 Å². The Balaban J connectivity index is 1.77. The average molecular weight is 405 g/mol. The summed E-state index contributed by atoms with van der Waals surface area (Å²) in [6.07, 6.45) is 0. The van der Waals surface area contributed by atoms with Crippen molar-refractivity contribution in [2.75, 3.05) is 0 Å². The Morgan fingerprint density at radius 3 is 2.54 bits per heavy atom. The van der Waals surface area contributed by atoms with Gasteiger partial charge in [0.25, 0.3) is 5.91 Å². The summed E-state index contributed by atoms with van der Waals surface area (Å²) in [6.45, 7) is 1.90. The van der Waals surface area contributed by atoms with Gasteiger partial charge >= 0.3 is 0 Å². The predicted molar refractivity (Wildman–Crippen MR) is 107 cm³/mol. The minimum Gasteiger partial charge on any atom is -0.351 e. The molecule has 0 saturated heterocycles. The number of nitrogens with one attached hydrogen (secondary N) is 2. The molecule has 2 amide bonds. The Kier molecular flexibility index (Phi) is 6.08. The van der Waals surface area contributed by atoms with Gasteiger partial charge in [0.2, 0.25) is 5.91 Å². The summed E-state index contributed by atoms with van der Waals surface area (Å²) in [6, 6.07) is 14.9. The number of hydrogen-bond donors (Lipinski definition) is 2. The van der Waals surface area contributed by atoms with Crippen molar-refractivity contribution in [3.05, 3.63) is 79.1 Å². The Morgan fingerprint density at radius 1 is 1.12 bits per heavy atom. The molecule has 0 aliphatic rings. The fourth-order valence-electron chi connectivity index (χ4n) is 2.44. The van der Waals surface area contributed by atoms with Gasteiger partial charge in [0, 0.05) is 21.7 Å². The highest BCUT2D eigenvalue weighted by atomic mass is 35.5. The highest BCUT2D eigenvalue weighted by Crippen LogP contribution is 2.28. The largest absolute Gasteiger partial charge is 0.351 e. The van der Waals surface area contributed by atoms with Crippen LogP contribution in [0.1, 0.15) is 38.0 Å². The monoisotopic (exact) mass is 404 g/mol. The molecule has 0 aliphatic carbocycles. The molecule has 26 heavy (non-hydrogen) atoms. The van der Waals surface area contributed by atoms with Crippen LogP contribution in [0.5, 0.6) is 0 Å². The quantitative estimate of drug-likeness (QED) is 0.629. The summed E-state index contributed by atoms with van der Waals surface area (Å²) in [5.41, 5.74) is 0.972. The molecule has 0 saturated carbocycles. The number of rotatable bonds is 6. The Hall–Kier alpha value is -2.15. The third kappa shape index (κ3) is 4.72. The minimum absolute atomic E-state index is 0.0927. The molecule has 0 spiro atoms. The van der Waals surface area contributed by atoms with Crippen LogP contribution >= 0.6 is 34.3 Å². The molecule has 0 fully saturated rings. The zero-order chi connectivity index (χ0) is 18.5. The van der Waals surface area contributed by atoms with Crippen LogP contribution < -0.4 is 10.6 Å². The number of amides is 2. The number of halogens is 1. The summed E-state index contributed by atoms with van der Waals surface area (Å²) in [5, 5.41) is 8.48. The lowest BCUT2D eigenvalue weighted by atomic mass is 10.1. The highest BCUT2D eigenvalue weighted by molar-refractivity contribution is 7.14. The van der Waals surface area contributed by atoms with Crippen LogP contribution in [-0.2, 0) is 11.3 Å². The van der Waals surface area contributed by atoms with Crippen molar-refractivity contribution >= 4 is 46.1 Å². The summed E-state index contributed by atoms with van der Waals surface area (Å²) < 4.78 is 0. The van der Waals surface area contributed by atoms with Crippen LogP contribution in [0.2, 0.25) is 5.02 Å². The Bertz CT molecular complexity index is 889. The van der Waals surface area contributed by atoms with E-state index in [0.717, 1.165) is 15.3 Å². The lowest BCUT2D eigenvalue weighted by Gasteiger charge is -2.18. The number of carbonyl (C=O) groups excluding carboxylic acids is 2. The average Bonchev–Trinajstić information content (AvgIpc) is 3.30. The van der Waals surface area contributed by atoms with Crippen LogP contribution in [0.4, 0.5) is 0 Å². The van der Waals surface area contributed by atoms with E-state index < -0.39 is 0 Å². The first-order valence-electron chi connectivity index (χ1n) is 7.96. The maximum absolute atomic E-state index is 12.7.